The number of para-hydroxylation sites is 3. The molecule has 1 aromatic heterocycles. The fraction of sp³-hybridized carbons (Fsp3) is 0.0323. The standard InChI is InChI=1S/C62H44BN3SSi/c1-41-31-33-53-60(35-41)68(46-23-11-5-12-24-46,47-25-13-6-14-26-47)61-36-42(2)32-34-54(61)66(53)45-37-56-62-57(38-45)65(44-21-9-4-10-22-44)55-40-59-49(48-27-15-18-30-58(48)67-59)39-51(55)63(62)50-28-16-17-29-52(50)64(56)43-19-7-3-8-20-43/h3-40H,1-2H3. The first-order valence-corrected chi connectivity index (χ1v) is 26.4. The van der Waals surface area contributed by atoms with Crippen molar-refractivity contribution >= 4 is 135 Å². The van der Waals surface area contributed by atoms with E-state index in [1.807, 2.05) is 11.3 Å². The maximum atomic E-state index is 2.60. The summed E-state index contributed by atoms with van der Waals surface area (Å²) < 4.78 is 2.61. The van der Waals surface area contributed by atoms with Crippen LogP contribution in [0.2, 0.25) is 0 Å². The van der Waals surface area contributed by atoms with E-state index < -0.39 is 8.07 Å². The third-order valence-electron chi connectivity index (χ3n) is 14.8. The Balaban J connectivity index is 1.12. The molecule has 0 saturated heterocycles. The molecule has 0 amide bonds. The van der Waals surface area contributed by atoms with Gasteiger partial charge in [0.15, 0.2) is 8.07 Å². The van der Waals surface area contributed by atoms with Crippen LogP contribution in [0.1, 0.15) is 11.1 Å². The molecule has 0 atom stereocenters. The van der Waals surface area contributed by atoms with Crippen molar-refractivity contribution in [2.45, 2.75) is 13.8 Å². The molecular weight excluding hydrogens is 858 g/mol. The van der Waals surface area contributed by atoms with E-state index >= 15 is 0 Å². The van der Waals surface area contributed by atoms with E-state index in [2.05, 4.69) is 259 Å². The molecule has 3 aliphatic rings. The molecule has 3 aliphatic heterocycles. The van der Waals surface area contributed by atoms with Crippen molar-refractivity contribution < 1.29 is 0 Å². The van der Waals surface area contributed by atoms with E-state index in [4.69, 9.17) is 0 Å². The number of hydrogen-bond donors (Lipinski definition) is 0. The summed E-state index contributed by atoms with van der Waals surface area (Å²) in [6, 6.07) is 87.3. The van der Waals surface area contributed by atoms with Gasteiger partial charge in [0.1, 0.15) is 0 Å². The summed E-state index contributed by atoms with van der Waals surface area (Å²) in [6.07, 6.45) is 0. The first kappa shape index (κ1) is 39.3. The zero-order valence-corrected chi connectivity index (χ0v) is 39.6. The summed E-state index contributed by atoms with van der Waals surface area (Å²) in [4.78, 5) is 7.70. The third-order valence-corrected chi connectivity index (χ3v) is 20.7. The molecule has 14 rings (SSSR count). The van der Waals surface area contributed by atoms with Crippen LogP contribution in [0.25, 0.3) is 20.2 Å². The lowest BCUT2D eigenvalue weighted by Crippen LogP contribution is -2.77. The first-order chi connectivity index (χ1) is 33.6. The average Bonchev–Trinajstić information content (AvgIpc) is 3.75. The number of anilines is 9. The van der Waals surface area contributed by atoms with Crippen LogP contribution in [-0.4, -0.2) is 14.8 Å². The van der Waals surface area contributed by atoms with Crippen LogP contribution in [0, 0.1) is 13.8 Å². The zero-order valence-electron chi connectivity index (χ0n) is 37.8. The van der Waals surface area contributed by atoms with Gasteiger partial charge in [-0.1, -0.05) is 175 Å². The highest BCUT2D eigenvalue weighted by Crippen LogP contribution is 2.50. The molecule has 0 N–H and O–H groups in total. The summed E-state index contributed by atoms with van der Waals surface area (Å²) in [5.74, 6) is 0. The number of rotatable bonds is 5. The highest BCUT2D eigenvalue weighted by molar-refractivity contribution is 7.26. The van der Waals surface area contributed by atoms with Gasteiger partial charge in [0.05, 0.1) is 5.69 Å². The molecule has 0 bridgehead atoms. The second-order valence-electron chi connectivity index (χ2n) is 18.6. The predicted molar refractivity (Wildman–Crippen MR) is 295 cm³/mol. The Bertz CT molecular complexity index is 3710. The van der Waals surface area contributed by atoms with Gasteiger partial charge in [0.25, 0.3) is 6.71 Å². The third kappa shape index (κ3) is 5.59. The Morgan fingerprint density at radius 1 is 0.353 bits per heavy atom. The Labute approximate surface area is 402 Å². The molecule has 3 nitrogen and oxygen atoms in total. The fourth-order valence-corrected chi connectivity index (χ4v) is 18.4. The minimum atomic E-state index is -2.89. The van der Waals surface area contributed by atoms with Crippen LogP contribution < -0.4 is 51.8 Å². The average molecular weight is 902 g/mol. The quantitative estimate of drug-likeness (QED) is 0.159. The molecule has 0 aliphatic carbocycles. The van der Waals surface area contributed by atoms with Gasteiger partial charge in [0, 0.05) is 60.3 Å². The van der Waals surface area contributed by atoms with Gasteiger partial charge in [0.2, 0.25) is 0 Å². The van der Waals surface area contributed by atoms with Gasteiger partial charge in [-0.05, 0) is 123 Å². The Morgan fingerprint density at radius 3 is 1.46 bits per heavy atom. The molecule has 320 valence electrons. The molecule has 68 heavy (non-hydrogen) atoms. The molecule has 0 radical (unpaired) electrons. The summed E-state index contributed by atoms with van der Waals surface area (Å²) in [7, 11) is -2.89. The van der Waals surface area contributed by atoms with Crippen LogP contribution in [0.5, 0.6) is 0 Å². The van der Waals surface area contributed by atoms with E-state index in [-0.39, 0.29) is 6.71 Å². The summed E-state index contributed by atoms with van der Waals surface area (Å²) in [5, 5.41) is 8.22. The number of thiophene rings is 1. The molecule has 11 aromatic rings. The number of nitrogens with zero attached hydrogens (tertiary/aromatic N) is 3. The van der Waals surface area contributed by atoms with E-state index in [9.17, 15) is 0 Å². The van der Waals surface area contributed by atoms with Crippen molar-refractivity contribution in [3.05, 3.63) is 242 Å². The van der Waals surface area contributed by atoms with Crippen LogP contribution in [0.3, 0.4) is 0 Å². The normalized spacial score (nSPS) is 14.0. The molecule has 10 aromatic carbocycles. The van der Waals surface area contributed by atoms with E-state index in [1.54, 1.807) is 0 Å². The Morgan fingerprint density at radius 2 is 0.853 bits per heavy atom. The van der Waals surface area contributed by atoms with Crippen LogP contribution in [0.15, 0.2) is 231 Å². The van der Waals surface area contributed by atoms with Crippen LogP contribution in [0.4, 0.5) is 51.2 Å². The highest BCUT2D eigenvalue weighted by atomic mass is 32.1. The lowest BCUT2D eigenvalue weighted by molar-refractivity contribution is 1.23. The highest BCUT2D eigenvalue weighted by Gasteiger charge is 2.50. The monoisotopic (exact) mass is 901 g/mol. The number of aryl methyl sites for hydroxylation is 2. The topological polar surface area (TPSA) is 9.72 Å². The van der Waals surface area contributed by atoms with Gasteiger partial charge < -0.3 is 14.7 Å². The van der Waals surface area contributed by atoms with Crippen LogP contribution >= 0.6 is 11.3 Å². The zero-order chi connectivity index (χ0) is 45.1. The summed E-state index contributed by atoms with van der Waals surface area (Å²) >= 11 is 1.89. The largest absolute Gasteiger partial charge is 0.311 e. The van der Waals surface area contributed by atoms with Gasteiger partial charge >= 0.3 is 0 Å². The van der Waals surface area contributed by atoms with Crippen molar-refractivity contribution in [3.63, 3.8) is 0 Å². The number of benzene rings is 10. The fourth-order valence-electron chi connectivity index (χ4n) is 12.0. The summed E-state index contributed by atoms with van der Waals surface area (Å²) in [5.41, 5.74) is 17.2. The SMILES string of the molecule is Cc1ccc2c(c1)[Si](c1ccccc1)(c1ccccc1)c1cc(C)ccc1N2c1cc2c3c(c1)N(c1ccccc1)c1cc4sc5ccccc5c4cc1B3c1ccccc1N2c1ccccc1. The molecule has 6 heteroatoms. The molecule has 0 unspecified atom stereocenters. The van der Waals surface area contributed by atoms with Gasteiger partial charge in [-0.25, -0.2) is 0 Å². The molecule has 4 heterocycles. The number of hydrogen-bond acceptors (Lipinski definition) is 4. The minimum Gasteiger partial charge on any atom is -0.311 e. The smallest absolute Gasteiger partial charge is 0.252 e. The lowest BCUT2D eigenvalue weighted by atomic mass is 9.33. The van der Waals surface area contributed by atoms with E-state index in [1.165, 1.54) is 103 Å². The van der Waals surface area contributed by atoms with Crippen molar-refractivity contribution in [1.29, 1.82) is 0 Å². The second kappa shape index (κ2) is 15.1. The molecule has 0 spiro atoms. The maximum absolute atomic E-state index is 2.89. The first-order valence-electron chi connectivity index (χ1n) is 23.6. The second-order valence-corrected chi connectivity index (χ2v) is 23.4. The maximum Gasteiger partial charge on any atom is 0.252 e. The predicted octanol–water partition coefficient (Wildman–Crippen LogP) is 11.9. The molecular formula is C62H44BN3SSi. The van der Waals surface area contributed by atoms with Crippen LogP contribution in [-0.2, 0) is 0 Å². The Hall–Kier alpha value is -7.90. The summed E-state index contributed by atoms with van der Waals surface area (Å²) in [6.45, 7) is 4.50. The van der Waals surface area contributed by atoms with Gasteiger partial charge in [-0.15, -0.1) is 11.3 Å². The molecule has 0 saturated carbocycles. The number of fused-ring (bicyclic) bond motifs is 9. The Kier molecular flexibility index (Phi) is 8.70. The van der Waals surface area contributed by atoms with Crippen molar-refractivity contribution in [3.8, 4) is 0 Å². The van der Waals surface area contributed by atoms with E-state index in [0.29, 0.717) is 0 Å². The van der Waals surface area contributed by atoms with E-state index in [0.717, 1.165) is 17.1 Å². The molecule has 0 fully saturated rings. The minimum absolute atomic E-state index is 0.00863. The van der Waals surface area contributed by atoms with Gasteiger partial charge in [-0.2, -0.15) is 0 Å². The van der Waals surface area contributed by atoms with Crippen molar-refractivity contribution in [2.75, 3.05) is 14.7 Å². The van der Waals surface area contributed by atoms with Crippen molar-refractivity contribution in [2.24, 2.45) is 0 Å². The lowest BCUT2D eigenvalue weighted by Gasteiger charge is -2.47. The van der Waals surface area contributed by atoms with Crippen molar-refractivity contribution in [1.82, 2.24) is 0 Å². The van der Waals surface area contributed by atoms with Gasteiger partial charge in [-0.3, -0.25) is 0 Å².